The van der Waals surface area contributed by atoms with Crippen LogP contribution in [0.2, 0.25) is 0 Å². The van der Waals surface area contributed by atoms with Gasteiger partial charge in [-0.15, -0.1) is 0 Å². The summed E-state index contributed by atoms with van der Waals surface area (Å²) in [5, 5.41) is 4.11. The van der Waals surface area contributed by atoms with Crippen molar-refractivity contribution in [1.29, 1.82) is 0 Å². The van der Waals surface area contributed by atoms with Gasteiger partial charge in [0.1, 0.15) is 0 Å². The van der Waals surface area contributed by atoms with E-state index >= 15 is 0 Å². The number of fused-ring (bicyclic) bond motifs is 1. The first-order valence-corrected chi connectivity index (χ1v) is 7.00. The molecule has 0 saturated carbocycles. The maximum absolute atomic E-state index is 12.5. The van der Waals surface area contributed by atoms with Crippen LogP contribution in [0.1, 0.15) is 24.2 Å². The number of likely N-dealkylation sites (N-methyl/N-ethyl adjacent to an activating group) is 1. The van der Waals surface area contributed by atoms with Crippen LogP contribution < -0.4 is 5.32 Å². The largest absolute Gasteiger partial charge is 0.360 e. The number of hydrogen-bond acceptors (Lipinski definition) is 2. The average Bonchev–Trinajstić information content (AvgIpc) is 2.81. The molecule has 0 aliphatic carbocycles. The van der Waals surface area contributed by atoms with Gasteiger partial charge in [-0.3, -0.25) is 4.79 Å². The Bertz CT molecular complexity index is 586. The molecule has 0 saturated heterocycles. The fraction of sp³-hybridized carbons (Fsp3) is 0.438. The first-order valence-electron chi connectivity index (χ1n) is 7.00. The predicted octanol–water partition coefficient (Wildman–Crippen LogP) is 2.48. The lowest BCUT2D eigenvalue weighted by Crippen LogP contribution is -2.44. The lowest BCUT2D eigenvalue weighted by atomic mass is 10.0. The Labute approximate surface area is 120 Å². The Morgan fingerprint density at radius 3 is 2.65 bits per heavy atom. The van der Waals surface area contributed by atoms with Gasteiger partial charge in [-0.2, -0.15) is 0 Å². The lowest BCUT2D eigenvalue weighted by Gasteiger charge is -2.25. The molecule has 2 aromatic rings. The highest BCUT2D eigenvalue weighted by Crippen LogP contribution is 2.18. The van der Waals surface area contributed by atoms with Crippen molar-refractivity contribution in [2.75, 3.05) is 20.6 Å². The smallest absolute Gasteiger partial charge is 0.253 e. The maximum atomic E-state index is 12.5. The van der Waals surface area contributed by atoms with Crippen LogP contribution in [0, 0.1) is 5.92 Å². The molecule has 4 heteroatoms. The third-order valence-corrected chi connectivity index (χ3v) is 3.52. The van der Waals surface area contributed by atoms with Gasteiger partial charge in [0.05, 0.1) is 5.56 Å². The fourth-order valence-corrected chi connectivity index (χ4v) is 2.32. The number of rotatable bonds is 5. The number of nitrogens with zero attached hydrogens (tertiary/aromatic N) is 1. The highest BCUT2D eigenvalue weighted by Gasteiger charge is 2.19. The SMILES string of the molecule is CC(C)C(CN(C)C)NC(=O)c1c[nH]c2ccccc12. The quantitative estimate of drug-likeness (QED) is 0.879. The molecule has 0 bridgehead atoms. The normalized spacial score (nSPS) is 13.1. The van der Waals surface area contributed by atoms with E-state index in [-0.39, 0.29) is 11.9 Å². The molecule has 1 amide bonds. The highest BCUT2D eigenvalue weighted by molar-refractivity contribution is 6.06. The summed E-state index contributed by atoms with van der Waals surface area (Å²) >= 11 is 0. The zero-order valence-corrected chi connectivity index (χ0v) is 12.6. The number of nitrogens with one attached hydrogen (secondary N) is 2. The average molecular weight is 273 g/mol. The van der Waals surface area contributed by atoms with E-state index in [0.29, 0.717) is 11.5 Å². The highest BCUT2D eigenvalue weighted by atomic mass is 16.1. The summed E-state index contributed by atoms with van der Waals surface area (Å²) in [5.74, 6) is 0.384. The summed E-state index contributed by atoms with van der Waals surface area (Å²) in [7, 11) is 4.04. The van der Waals surface area contributed by atoms with Crippen molar-refractivity contribution in [2.24, 2.45) is 5.92 Å². The van der Waals surface area contributed by atoms with Crippen LogP contribution in [-0.4, -0.2) is 42.5 Å². The van der Waals surface area contributed by atoms with Gasteiger partial charge in [0, 0.05) is 29.7 Å². The molecule has 20 heavy (non-hydrogen) atoms. The number of carbonyl (C=O) groups excluding carboxylic acids is 1. The van der Waals surface area contributed by atoms with E-state index in [4.69, 9.17) is 0 Å². The van der Waals surface area contributed by atoms with Gasteiger partial charge in [-0.25, -0.2) is 0 Å². The minimum atomic E-state index is -0.0111. The molecule has 0 aliphatic rings. The molecular formula is C16H23N3O. The molecule has 1 atom stereocenters. The van der Waals surface area contributed by atoms with Crippen molar-refractivity contribution in [2.45, 2.75) is 19.9 Å². The molecular weight excluding hydrogens is 250 g/mol. The van der Waals surface area contributed by atoms with Gasteiger partial charge in [0.15, 0.2) is 0 Å². The topological polar surface area (TPSA) is 48.1 Å². The zero-order chi connectivity index (χ0) is 14.7. The van der Waals surface area contributed by atoms with E-state index in [1.807, 2.05) is 38.4 Å². The van der Waals surface area contributed by atoms with Crippen molar-refractivity contribution in [3.8, 4) is 0 Å². The van der Waals surface area contributed by atoms with Crippen LogP contribution in [0.25, 0.3) is 10.9 Å². The van der Waals surface area contributed by atoms with Crippen LogP contribution in [-0.2, 0) is 0 Å². The number of aromatic amines is 1. The molecule has 2 N–H and O–H groups in total. The predicted molar refractivity (Wildman–Crippen MR) is 82.9 cm³/mol. The molecule has 1 aromatic heterocycles. The Balaban J connectivity index is 2.18. The van der Waals surface area contributed by atoms with E-state index in [1.54, 1.807) is 6.20 Å². The van der Waals surface area contributed by atoms with Crippen LogP contribution in [0.5, 0.6) is 0 Å². The van der Waals surface area contributed by atoms with Gasteiger partial charge in [-0.05, 0) is 26.1 Å². The Morgan fingerprint density at radius 2 is 2.00 bits per heavy atom. The van der Waals surface area contributed by atoms with Gasteiger partial charge in [0.25, 0.3) is 5.91 Å². The summed E-state index contributed by atoms with van der Waals surface area (Å²) in [6, 6.07) is 8.00. The first-order chi connectivity index (χ1) is 9.49. The molecule has 1 heterocycles. The molecule has 4 nitrogen and oxygen atoms in total. The second kappa shape index (κ2) is 6.09. The Kier molecular flexibility index (Phi) is 4.45. The van der Waals surface area contributed by atoms with E-state index in [0.717, 1.165) is 17.4 Å². The summed E-state index contributed by atoms with van der Waals surface area (Å²) in [5.41, 5.74) is 1.70. The number of benzene rings is 1. The number of H-pyrrole nitrogens is 1. The van der Waals surface area contributed by atoms with Crippen LogP contribution in [0.4, 0.5) is 0 Å². The lowest BCUT2D eigenvalue weighted by molar-refractivity contribution is 0.0918. The molecule has 108 valence electrons. The summed E-state index contributed by atoms with van der Waals surface area (Å²) in [6.07, 6.45) is 1.78. The minimum absolute atomic E-state index is 0.0111. The second-order valence-electron chi connectivity index (χ2n) is 5.83. The van der Waals surface area contributed by atoms with Crippen LogP contribution in [0.3, 0.4) is 0 Å². The number of amides is 1. The molecule has 0 spiro atoms. The third-order valence-electron chi connectivity index (χ3n) is 3.52. The van der Waals surface area contributed by atoms with Gasteiger partial charge >= 0.3 is 0 Å². The Hall–Kier alpha value is -1.81. The summed E-state index contributed by atoms with van der Waals surface area (Å²) in [6.45, 7) is 5.10. The fourth-order valence-electron chi connectivity index (χ4n) is 2.32. The summed E-state index contributed by atoms with van der Waals surface area (Å²) < 4.78 is 0. The monoisotopic (exact) mass is 273 g/mol. The van der Waals surface area contributed by atoms with Gasteiger partial charge in [-0.1, -0.05) is 32.0 Å². The van der Waals surface area contributed by atoms with E-state index in [9.17, 15) is 4.79 Å². The summed E-state index contributed by atoms with van der Waals surface area (Å²) in [4.78, 5) is 17.7. The van der Waals surface area contributed by atoms with Crippen molar-refractivity contribution in [3.05, 3.63) is 36.0 Å². The zero-order valence-electron chi connectivity index (χ0n) is 12.6. The molecule has 0 aliphatic heterocycles. The molecule has 0 fully saturated rings. The molecule has 1 aromatic carbocycles. The number of carbonyl (C=O) groups is 1. The maximum Gasteiger partial charge on any atom is 0.253 e. The molecule has 1 unspecified atom stereocenters. The van der Waals surface area contributed by atoms with E-state index in [2.05, 4.69) is 29.0 Å². The number of aromatic nitrogens is 1. The molecule has 2 rings (SSSR count). The molecule has 0 radical (unpaired) electrons. The van der Waals surface area contributed by atoms with Gasteiger partial charge in [0.2, 0.25) is 0 Å². The first kappa shape index (κ1) is 14.6. The van der Waals surface area contributed by atoms with Crippen molar-refractivity contribution in [3.63, 3.8) is 0 Å². The van der Waals surface area contributed by atoms with Crippen molar-refractivity contribution >= 4 is 16.8 Å². The number of hydrogen-bond donors (Lipinski definition) is 2. The van der Waals surface area contributed by atoms with Gasteiger partial charge < -0.3 is 15.2 Å². The van der Waals surface area contributed by atoms with E-state index in [1.165, 1.54) is 0 Å². The van der Waals surface area contributed by atoms with Crippen LogP contribution >= 0.6 is 0 Å². The third kappa shape index (κ3) is 3.20. The number of para-hydroxylation sites is 1. The van der Waals surface area contributed by atoms with Crippen LogP contribution in [0.15, 0.2) is 30.5 Å². The van der Waals surface area contributed by atoms with E-state index < -0.39 is 0 Å². The van der Waals surface area contributed by atoms with Crippen molar-refractivity contribution < 1.29 is 4.79 Å². The minimum Gasteiger partial charge on any atom is -0.360 e. The standard InChI is InChI=1S/C16H23N3O/c1-11(2)15(10-19(3)4)18-16(20)13-9-17-14-8-6-5-7-12(13)14/h5-9,11,15,17H,10H2,1-4H3,(H,18,20). The van der Waals surface area contributed by atoms with Crippen molar-refractivity contribution in [1.82, 2.24) is 15.2 Å². The Morgan fingerprint density at radius 1 is 1.30 bits per heavy atom. The second-order valence-corrected chi connectivity index (χ2v) is 5.83.